The number of nitrogens with zero attached hydrogens (tertiary/aromatic N) is 1. The zero-order chi connectivity index (χ0) is 10.6. The minimum Gasteiger partial charge on any atom is -0.462 e. The first-order valence-corrected chi connectivity index (χ1v) is 5.19. The molecule has 1 aromatic heterocycles. The first-order chi connectivity index (χ1) is 6.69. The van der Waals surface area contributed by atoms with Crippen molar-refractivity contribution in [1.29, 1.82) is 0 Å². The van der Waals surface area contributed by atoms with Crippen LogP contribution in [0.1, 0.15) is 12.6 Å². The third-order valence-corrected chi connectivity index (χ3v) is 2.29. The number of hydrogen-bond acceptors (Lipinski definition) is 5. The van der Waals surface area contributed by atoms with Gasteiger partial charge in [0.05, 0.1) is 17.9 Å². The molecule has 14 heavy (non-hydrogen) atoms. The van der Waals surface area contributed by atoms with Gasteiger partial charge in [-0.25, -0.2) is 9.78 Å². The number of thiazole rings is 1. The number of nitrogen functional groups attached to an aromatic ring is 1. The van der Waals surface area contributed by atoms with Crippen molar-refractivity contribution in [3.8, 4) is 0 Å². The van der Waals surface area contributed by atoms with Gasteiger partial charge < -0.3 is 10.5 Å². The molecular weight excluding hydrogens is 224 g/mol. The summed E-state index contributed by atoms with van der Waals surface area (Å²) in [5.41, 5.74) is 7.24. The fraction of sp³-hybridized carbons (Fsp3) is 0.250. The minimum absolute atomic E-state index is 0.224. The zero-order valence-corrected chi connectivity index (χ0v) is 9.06. The van der Waals surface area contributed by atoms with E-state index in [-0.39, 0.29) is 5.57 Å². The van der Waals surface area contributed by atoms with E-state index in [4.69, 9.17) is 22.1 Å². The molecule has 0 aromatic carbocycles. The second-order valence-corrected chi connectivity index (χ2v) is 3.42. The highest BCUT2D eigenvalue weighted by atomic mass is 35.5. The second kappa shape index (κ2) is 4.97. The number of ether oxygens (including phenoxy) is 1. The van der Waals surface area contributed by atoms with Crippen LogP contribution in [0.5, 0.6) is 0 Å². The molecule has 0 spiro atoms. The lowest BCUT2D eigenvalue weighted by molar-refractivity contribution is -0.136. The van der Waals surface area contributed by atoms with E-state index in [9.17, 15) is 4.79 Å². The van der Waals surface area contributed by atoms with Crippen molar-refractivity contribution >= 4 is 39.6 Å². The molecule has 1 rings (SSSR count). The average molecular weight is 233 g/mol. The highest BCUT2D eigenvalue weighted by molar-refractivity contribution is 7.13. The van der Waals surface area contributed by atoms with Crippen LogP contribution in [0.4, 0.5) is 5.13 Å². The summed E-state index contributed by atoms with van der Waals surface area (Å²) in [7, 11) is 0. The van der Waals surface area contributed by atoms with Gasteiger partial charge in [-0.1, -0.05) is 11.6 Å². The molecule has 0 atom stereocenters. The summed E-state index contributed by atoms with van der Waals surface area (Å²) in [6, 6.07) is 0. The highest BCUT2D eigenvalue weighted by Crippen LogP contribution is 2.21. The van der Waals surface area contributed by atoms with Gasteiger partial charge >= 0.3 is 5.97 Å². The van der Waals surface area contributed by atoms with Crippen LogP contribution in [0, 0.1) is 0 Å². The van der Waals surface area contributed by atoms with Crippen molar-refractivity contribution < 1.29 is 9.53 Å². The largest absolute Gasteiger partial charge is 0.462 e. The number of halogens is 1. The van der Waals surface area contributed by atoms with Crippen molar-refractivity contribution in [2.24, 2.45) is 0 Å². The predicted molar refractivity (Wildman–Crippen MR) is 57.0 cm³/mol. The summed E-state index contributed by atoms with van der Waals surface area (Å²) in [5, 5.41) is 2.04. The molecule has 76 valence electrons. The number of carbonyl (C=O) groups is 1. The Labute approximate surface area is 90.3 Å². The molecule has 0 saturated heterocycles. The van der Waals surface area contributed by atoms with E-state index in [0.29, 0.717) is 17.4 Å². The van der Waals surface area contributed by atoms with Crippen LogP contribution in [0.3, 0.4) is 0 Å². The number of carbonyl (C=O) groups excluding carboxylic acids is 1. The molecule has 0 fully saturated rings. The molecule has 0 aliphatic heterocycles. The van der Waals surface area contributed by atoms with Gasteiger partial charge in [-0.2, -0.15) is 0 Å². The fourth-order valence-corrected chi connectivity index (χ4v) is 1.59. The summed E-state index contributed by atoms with van der Waals surface area (Å²) in [6.45, 7) is 2.02. The van der Waals surface area contributed by atoms with Gasteiger partial charge in [0.25, 0.3) is 0 Å². The summed E-state index contributed by atoms with van der Waals surface area (Å²) in [4.78, 5) is 15.3. The summed E-state index contributed by atoms with van der Waals surface area (Å²) >= 11 is 6.75. The van der Waals surface area contributed by atoms with E-state index < -0.39 is 5.97 Å². The lowest BCUT2D eigenvalue weighted by Gasteiger charge is -2.01. The van der Waals surface area contributed by atoms with E-state index >= 15 is 0 Å². The van der Waals surface area contributed by atoms with Gasteiger partial charge in [-0.05, 0) is 6.92 Å². The van der Waals surface area contributed by atoms with Gasteiger partial charge in [0, 0.05) is 10.9 Å². The van der Waals surface area contributed by atoms with Crippen LogP contribution in [0.2, 0.25) is 0 Å². The molecule has 6 heteroatoms. The van der Waals surface area contributed by atoms with Crippen molar-refractivity contribution in [3.05, 3.63) is 16.6 Å². The van der Waals surface area contributed by atoms with Crippen LogP contribution in [0.15, 0.2) is 10.9 Å². The number of anilines is 1. The van der Waals surface area contributed by atoms with E-state index in [1.807, 2.05) is 0 Å². The number of hydrogen-bond donors (Lipinski definition) is 1. The SMILES string of the molecule is CCOC(=O)/C(=C\Cl)c1csc(N)n1. The van der Waals surface area contributed by atoms with E-state index in [1.165, 1.54) is 11.3 Å². The molecule has 0 aliphatic rings. The Hall–Kier alpha value is -1.07. The standard InChI is InChI=1S/C8H9ClN2O2S/c1-2-13-7(12)5(3-9)6-4-14-8(10)11-6/h3-4H,2H2,1H3,(H2,10,11)/b5-3-. The first kappa shape index (κ1) is 11.0. The Balaban J connectivity index is 2.88. The zero-order valence-electron chi connectivity index (χ0n) is 7.49. The molecular formula is C8H9ClN2O2S. The predicted octanol–water partition coefficient (Wildman–Crippen LogP) is 1.87. The van der Waals surface area contributed by atoms with Crippen molar-refractivity contribution in [3.63, 3.8) is 0 Å². The van der Waals surface area contributed by atoms with Gasteiger partial charge in [-0.15, -0.1) is 11.3 Å². The third kappa shape index (κ3) is 2.46. The lowest BCUT2D eigenvalue weighted by atomic mass is 10.2. The van der Waals surface area contributed by atoms with Crippen LogP contribution in [-0.4, -0.2) is 17.6 Å². The third-order valence-electron chi connectivity index (χ3n) is 1.40. The molecule has 0 unspecified atom stereocenters. The van der Waals surface area contributed by atoms with E-state index in [0.717, 1.165) is 5.54 Å². The molecule has 2 N–H and O–H groups in total. The fourth-order valence-electron chi connectivity index (χ4n) is 0.825. The van der Waals surface area contributed by atoms with Gasteiger partial charge in [0.1, 0.15) is 0 Å². The minimum atomic E-state index is -0.493. The molecule has 4 nitrogen and oxygen atoms in total. The lowest BCUT2D eigenvalue weighted by Crippen LogP contribution is -2.06. The molecule has 1 heterocycles. The molecule has 1 aromatic rings. The van der Waals surface area contributed by atoms with Crippen LogP contribution in [0.25, 0.3) is 5.57 Å². The van der Waals surface area contributed by atoms with Gasteiger partial charge in [0.2, 0.25) is 0 Å². The Kier molecular flexibility index (Phi) is 3.91. The van der Waals surface area contributed by atoms with Crippen molar-refractivity contribution in [2.45, 2.75) is 6.92 Å². The van der Waals surface area contributed by atoms with Crippen molar-refractivity contribution in [1.82, 2.24) is 4.98 Å². The molecule has 0 amide bonds. The normalized spacial score (nSPS) is 11.4. The maximum Gasteiger partial charge on any atom is 0.341 e. The highest BCUT2D eigenvalue weighted by Gasteiger charge is 2.15. The molecule has 0 aliphatic carbocycles. The summed E-state index contributed by atoms with van der Waals surface area (Å²) < 4.78 is 4.79. The number of rotatable bonds is 3. The van der Waals surface area contributed by atoms with Crippen LogP contribution < -0.4 is 5.73 Å². The van der Waals surface area contributed by atoms with Crippen LogP contribution in [-0.2, 0) is 9.53 Å². The van der Waals surface area contributed by atoms with Gasteiger partial charge in [-0.3, -0.25) is 0 Å². The molecule has 0 bridgehead atoms. The van der Waals surface area contributed by atoms with Crippen molar-refractivity contribution in [2.75, 3.05) is 12.3 Å². The Morgan fingerprint density at radius 3 is 3.00 bits per heavy atom. The quantitative estimate of drug-likeness (QED) is 0.638. The summed E-state index contributed by atoms with van der Waals surface area (Å²) in [6.07, 6.45) is 0. The number of aromatic nitrogens is 1. The molecule has 0 saturated carbocycles. The number of nitrogens with two attached hydrogens (primary N) is 1. The van der Waals surface area contributed by atoms with Crippen LogP contribution >= 0.6 is 22.9 Å². The smallest absolute Gasteiger partial charge is 0.341 e. The Morgan fingerprint density at radius 2 is 2.57 bits per heavy atom. The first-order valence-electron chi connectivity index (χ1n) is 3.88. The second-order valence-electron chi connectivity index (χ2n) is 2.31. The summed E-state index contributed by atoms with van der Waals surface area (Å²) in [5.74, 6) is -0.493. The Morgan fingerprint density at radius 1 is 1.86 bits per heavy atom. The molecule has 0 radical (unpaired) electrons. The average Bonchev–Trinajstić information content (AvgIpc) is 2.54. The maximum absolute atomic E-state index is 11.3. The monoisotopic (exact) mass is 232 g/mol. The van der Waals surface area contributed by atoms with E-state index in [2.05, 4.69) is 4.98 Å². The maximum atomic E-state index is 11.3. The van der Waals surface area contributed by atoms with Gasteiger partial charge in [0.15, 0.2) is 5.13 Å². The Bertz CT molecular complexity index is 362. The number of esters is 1. The van der Waals surface area contributed by atoms with E-state index in [1.54, 1.807) is 12.3 Å². The topological polar surface area (TPSA) is 65.2 Å².